The maximum atomic E-state index is 5.89. The van der Waals surface area contributed by atoms with Gasteiger partial charge >= 0.3 is 0 Å². The van der Waals surface area contributed by atoms with E-state index in [0.29, 0.717) is 5.82 Å². The molecular weight excluding hydrogens is 166 g/mol. The van der Waals surface area contributed by atoms with E-state index in [1.165, 1.54) is 0 Å². The number of rotatable bonds is 2. The summed E-state index contributed by atoms with van der Waals surface area (Å²) in [5, 5.41) is 0. The number of hydrogen-bond donors (Lipinski definition) is 2. The van der Waals surface area contributed by atoms with E-state index in [1.807, 2.05) is 19.1 Å². The fraction of sp³-hybridized carbons (Fsp3) is 0.222. The molecule has 0 bridgehead atoms. The monoisotopic (exact) mass is 177 g/mol. The van der Waals surface area contributed by atoms with E-state index in [9.17, 15) is 0 Å². The minimum atomic E-state index is -0.302. The Bertz CT molecular complexity index is 377. The van der Waals surface area contributed by atoms with Crippen LogP contribution in [0.25, 0.3) is 0 Å². The van der Waals surface area contributed by atoms with Gasteiger partial charge in [-0.1, -0.05) is 0 Å². The van der Waals surface area contributed by atoms with Crippen LogP contribution in [0.1, 0.15) is 23.4 Å². The summed E-state index contributed by atoms with van der Waals surface area (Å²) in [5.74, 6) is 2.30. The first-order chi connectivity index (χ1) is 6.27. The molecule has 2 aromatic rings. The molecule has 0 spiro atoms. The van der Waals surface area contributed by atoms with Gasteiger partial charge in [0.2, 0.25) is 0 Å². The molecule has 0 radical (unpaired) electrons. The van der Waals surface area contributed by atoms with Crippen molar-refractivity contribution in [1.29, 1.82) is 0 Å². The number of H-pyrrole nitrogens is 1. The molecular formula is C9H11N3O. The molecule has 0 saturated heterocycles. The third kappa shape index (κ3) is 1.48. The van der Waals surface area contributed by atoms with E-state index in [4.69, 9.17) is 10.2 Å². The summed E-state index contributed by atoms with van der Waals surface area (Å²) in [5.41, 5.74) is 5.89. The number of nitrogens with one attached hydrogen (secondary N) is 1. The van der Waals surface area contributed by atoms with Crippen molar-refractivity contribution >= 4 is 0 Å². The van der Waals surface area contributed by atoms with Gasteiger partial charge in [-0.25, -0.2) is 4.98 Å². The van der Waals surface area contributed by atoms with Crippen LogP contribution >= 0.6 is 0 Å². The van der Waals surface area contributed by atoms with Crippen molar-refractivity contribution in [3.8, 4) is 0 Å². The van der Waals surface area contributed by atoms with Crippen LogP contribution in [-0.2, 0) is 0 Å². The Balaban J connectivity index is 2.28. The second-order valence-corrected chi connectivity index (χ2v) is 2.90. The lowest BCUT2D eigenvalue weighted by atomic mass is 10.2. The second kappa shape index (κ2) is 3.06. The summed E-state index contributed by atoms with van der Waals surface area (Å²) < 4.78 is 5.38. The molecule has 0 aromatic carbocycles. The lowest BCUT2D eigenvalue weighted by Gasteiger charge is -2.03. The first-order valence-corrected chi connectivity index (χ1v) is 4.08. The molecule has 2 heterocycles. The van der Waals surface area contributed by atoms with Gasteiger partial charge in [0.15, 0.2) is 0 Å². The normalized spacial score (nSPS) is 13.1. The zero-order chi connectivity index (χ0) is 9.26. The Hall–Kier alpha value is -1.55. The molecule has 4 nitrogen and oxygen atoms in total. The number of aromatic amines is 1. The van der Waals surface area contributed by atoms with Crippen molar-refractivity contribution < 1.29 is 4.42 Å². The molecule has 13 heavy (non-hydrogen) atoms. The van der Waals surface area contributed by atoms with E-state index in [0.717, 1.165) is 11.5 Å². The number of imidazole rings is 1. The third-order valence-electron chi connectivity index (χ3n) is 1.88. The van der Waals surface area contributed by atoms with Crippen LogP contribution < -0.4 is 5.73 Å². The molecule has 2 rings (SSSR count). The molecule has 3 N–H and O–H groups in total. The zero-order valence-corrected chi connectivity index (χ0v) is 7.32. The van der Waals surface area contributed by atoms with Gasteiger partial charge in [-0.3, -0.25) is 0 Å². The highest BCUT2D eigenvalue weighted by Crippen LogP contribution is 2.18. The SMILES string of the molecule is Cc1ccc(C(N)c2ncc[nH]2)o1. The maximum absolute atomic E-state index is 5.89. The van der Waals surface area contributed by atoms with E-state index < -0.39 is 0 Å². The number of aromatic nitrogens is 2. The highest BCUT2D eigenvalue weighted by Gasteiger charge is 2.13. The van der Waals surface area contributed by atoms with Crippen LogP contribution in [0.2, 0.25) is 0 Å². The third-order valence-corrected chi connectivity index (χ3v) is 1.88. The van der Waals surface area contributed by atoms with E-state index in [1.54, 1.807) is 12.4 Å². The summed E-state index contributed by atoms with van der Waals surface area (Å²) in [6.45, 7) is 1.89. The zero-order valence-electron chi connectivity index (χ0n) is 7.32. The second-order valence-electron chi connectivity index (χ2n) is 2.90. The molecule has 0 saturated carbocycles. The molecule has 0 aliphatic carbocycles. The van der Waals surface area contributed by atoms with Crippen molar-refractivity contribution in [2.75, 3.05) is 0 Å². The summed E-state index contributed by atoms with van der Waals surface area (Å²) in [6, 6.07) is 3.45. The average Bonchev–Trinajstić information content (AvgIpc) is 2.72. The fourth-order valence-corrected chi connectivity index (χ4v) is 1.20. The topological polar surface area (TPSA) is 67.8 Å². The molecule has 0 amide bonds. The number of furan rings is 1. The summed E-state index contributed by atoms with van der Waals surface area (Å²) in [4.78, 5) is 7.01. The van der Waals surface area contributed by atoms with Gasteiger partial charge in [-0.15, -0.1) is 0 Å². The Morgan fingerprint density at radius 3 is 2.92 bits per heavy atom. The van der Waals surface area contributed by atoms with Crippen LogP contribution in [0.4, 0.5) is 0 Å². The van der Waals surface area contributed by atoms with E-state index >= 15 is 0 Å². The standard InChI is InChI=1S/C9H11N3O/c1-6-2-3-7(13-6)8(10)9-11-4-5-12-9/h2-5,8H,10H2,1H3,(H,11,12). The Kier molecular flexibility index (Phi) is 1.90. The molecule has 1 atom stereocenters. The highest BCUT2D eigenvalue weighted by molar-refractivity contribution is 5.16. The van der Waals surface area contributed by atoms with Crippen molar-refractivity contribution in [1.82, 2.24) is 9.97 Å². The maximum Gasteiger partial charge on any atom is 0.130 e. The predicted octanol–water partition coefficient (Wildman–Crippen LogP) is 1.36. The lowest BCUT2D eigenvalue weighted by Crippen LogP contribution is -2.12. The van der Waals surface area contributed by atoms with Gasteiger partial charge in [0, 0.05) is 12.4 Å². The van der Waals surface area contributed by atoms with Gasteiger partial charge in [-0.05, 0) is 19.1 Å². The summed E-state index contributed by atoms with van der Waals surface area (Å²) in [7, 11) is 0. The van der Waals surface area contributed by atoms with Gasteiger partial charge in [-0.2, -0.15) is 0 Å². The molecule has 0 aliphatic rings. The number of hydrogen-bond acceptors (Lipinski definition) is 3. The molecule has 0 aliphatic heterocycles. The minimum Gasteiger partial charge on any atom is -0.464 e. The molecule has 0 fully saturated rings. The van der Waals surface area contributed by atoms with Gasteiger partial charge in [0.05, 0.1) is 0 Å². The smallest absolute Gasteiger partial charge is 0.130 e. The fourth-order valence-electron chi connectivity index (χ4n) is 1.20. The largest absolute Gasteiger partial charge is 0.464 e. The summed E-state index contributed by atoms with van der Waals surface area (Å²) in [6.07, 6.45) is 3.41. The molecule has 2 aromatic heterocycles. The van der Waals surface area contributed by atoms with Crippen molar-refractivity contribution in [3.05, 3.63) is 41.9 Å². The van der Waals surface area contributed by atoms with Crippen LogP contribution in [0.5, 0.6) is 0 Å². The molecule has 1 unspecified atom stereocenters. The van der Waals surface area contributed by atoms with E-state index in [2.05, 4.69) is 9.97 Å². The van der Waals surface area contributed by atoms with Crippen LogP contribution in [-0.4, -0.2) is 9.97 Å². The van der Waals surface area contributed by atoms with Gasteiger partial charge in [0.1, 0.15) is 23.4 Å². The number of nitrogens with zero attached hydrogens (tertiary/aromatic N) is 1. The molecule has 68 valence electrons. The quantitative estimate of drug-likeness (QED) is 0.727. The first kappa shape index (κ1) is 8.07. The van der Waals surface area contributed by atoms with Crippen molar-refractivity contribution in [3.63, 3.8) is 0 Å². The Morgan fingerprint density at radius 2 is 2.38 bits per heavy atom. The molecule has 4 heteroatoms. The summed E-state index contributed by atoms with van der Waals surface area (Å²) >= 11 is 0. The van der Waals surface area contributed by atoms with Crippen molar-refractivity contribution in [2.45, 2.75) is 13.0 Å². The average molecular weight is 177 g/mol. The van der Waals surface area contributed by atoms with Crippen LogP contribution in [0.15, 0.2) is 28.9 Å². The number of nitrogens with two attached hydrogens (primary N) is 1. The van der Waals surface area contributed by atoms with Gasteiger partial charge < -0.3 is 15.1 Å². The van der Waals surface area contributed by atoms with E-state index in [-0.39, 0.29) is 6.04 Å². The Morgan fingerprint density at radius 1 is 1.54 bits per heavy atom. The highest BCUT2D eigenvalue weighted by atomic mass is 16.3. The predicted molar refractivity (Wildman–Crippen MR) is 48.1 cm³/mol. The minimum absolute atomic E-state index is 0.302. The lowest BCUT2D eigenvalue weighted by molar-refractivity contribution is 0.461. The van der Waals surface area contributed by atoms with Gasteiger partial charge in [0.25, 0.3) is 0 Å². The van der Waals surface area contributed by atoms with Crippen LogP contribution in [0.3, 0.4) is 0 Å². The first-order valence-electron chi connectivity index (χ1n) is 4.08. The Labute approximate surface area is 75.8 Å². The van der Waals surface area contributed by atoms with Crippen LogP contribution in [0, 0.1) is 6.92 Å². The van der Waals surface area contributed by atoms with Crippen molar-refractivity contribution in [2.24, 2.45) is 5.73 Å². The number of aryl methyl sites for hydroxylation is 1.